The van der Waals surface area contributed by atoms with Crippen LogP contribution in [0, 0.1) is 11.6 Å². The largest absolute Gasteiger partial charge is 0.309 e. The highest BCUT2D eigenvalue weighted by Crippen LogP contribution is 2.33. The zero-order valence-electron chi connectivity index (χ0n) is 16.5. The highest BCUT2D eigenvalue weighted by atomic mass is 32.1. The summed E-state index contributed by atoms with van der Waals surface area (Å²) in [6, 6.07) is 3.86. The smallest absolute Gasteiger partial charge is 0.262 e. The van der Waals surface area contributed by atoms with Crippen molar-refractivity contribution < 1.29 is 8.78 Å². The third-order valence-electron chi connectivity index (χ3n) is 5.42. The standard InChI is InChI=1S/C21H24F2N4OS/c1-26(2)7-8-27-12-25-20-19(21(27)28)16-6-5-15(10-18(16)29-20)24-11-13-3-4-14(22)9-17(13)23/h3-4,9,12,15,24H,5-8,10-11H2,1-2H3/t15-/m0/s1. The van der Waals surface area contributed by atoms with Gasteiger partial charge in [-0.25, -0.2) is 13.8 Å². The summed E-state index contributed by atoms with van der Waals surface area (Å²) in [4.78, 5) is 21.5. The maximum atomic E-state index is 13.9. The van der Waals surface area contributed by atoms with Crippen LogP contribution in [0.4, 0.5) is 8.78 Å². The Morgan fingerprint density at radius 3 is 2.93 bits per heavy atom. The van der Waals surface area contributed by atoms with Gasteiger partial charge in [0.1, 0.15) is 16.5 Å². The van der Waals surface area contributed by atoms with Gasteiger partial charge in [-0.3, -0.25) is 9.36 Å². The quantitative estimate of drug-likeness (QED) is 0.669. The molecule has 29 heavy (non-hydrogen) atoms. The van der Waals surface area contributed by atoms with Crippen molar-refractivity contribution in [2.75, 3.05) is 20.6 Å². The zero-order valence-corrected chi connectivity index (χ0v) is 17.4. The molecule has 0 amide bonds. The lowest BCUT2D eigenvalue weighted by molar-refractivity contribution is 0.380. The molecule has 0 bridgehead atoms. The Kier molecular flexibility index (Phi) is 5.76. The van der Waals surface area contributed by atoms with E-state index in [-0.39, 0.29) is 11.6 Å². The number of fused-ring (bicyclic) bond motifs is 3. The predicted octanol–water partition coefficient (Wildman–Crippen LogP) is 2.94. The third-order valence-corrected chi connectivity index (χ3v) is 6.58. The number of likely N-dealkylation sites (N-methyl/N-ethyl adjacent to an activating group) is 1. The molecule has 0 saturated carbocycles. The summed E-state index contributed by atoms with van der Waals surface area (Å²) in [5, 5.41) is 4.14. The van der Waals surface area contributed by atoms with Gasteiger partial charge in [0.05, 0.1) is 11.7 Å². The first kappa shape index (κ1) is 20.1. The Morgan fingerprint density at radius 2 is 2.17 bits per heavy atom. The second-order valence-electron chi connectivity index (χ2n) is 7.79. The number of thiophene rings is 1. The Bertz CT molecular complexity index is 1090. The van der Waals surface area contributed by atoms with Crippen LogP contribution in [0.2, 0.25) is 0 Å². The summed E-state index contributed by atoms with van der Waals surface area (Å²) in [6.45, 7) is 1.75. The van der Waals surface area contributed by atoms with Crippen molar-refractivity contribution in [3.8, 4) is 0 Å². The van der Waals surface area contributed by atoms with E-state index in [9.17, 15) is 13.6 Å². The molecule has 0 saturated heterocycles. The van der Waals surface area contributed by atoms with E-state index in [2.05, 4.69) is 10.3 Å². The highest BCUT2D eigenvalue weighted by molar-refractivity contribution is 7.18. The maximum Gasteiger partial charge on any atom is 0.262 e. The van der Waals surface area contributed by atoms with Crippen molar-refractivity contribution in [2.24, 2.45) is 0 Å². The van der Waals surface area contributed by atoms with E-state index in [1.54, 1.807) is 22.2 Å². The number of hydrogen-bond donors (Lipinski definition) is 1. The Balaban J connectivity index is 1.51. The Hall–Kier alpha value is -2.16. The second kappa shape index (κ2) is 8.30. The van der Waals surface area contributed by atoms with Crippen LogP contribution in [0.15, 0.2) is 29.3 Å². The monoisotopic (exact) mass is 418 g/mol. The molecule has 8 heteroatoms. The van der Waals surface area contributed by atoms with Gasteiger partial charge in [0, 0.05) is 42.2 Å². The van der Waals surface area contributed by atoms with Gasteiger partial charge >= 0.3 is 0 Å². The number of nitrogens with one attached hydrogen (secondary N) is 1. The Morgan fingerprint density at radius 1 is 1.34 bits per heavy atom. The third kappa shape index (κ3) is 4.24. The Labute approximate surface area is 172 Å². The summed E-state index contributed by atoms with van der Waals surface area (Å²) < 4.78 is 28.6. The molecule has 0 spiro atoms. The molecule has 1 atom stereocenters. The first-order chi connectivity index (χ1) is 13.9. The van der Waals surface area contributed by atoms with Crippen molar-refractivity contribution in [3.63, 3.8) is 0 Å². The molecule has 1 N–H and O–H groups in total. The fourth-order valence-electron chi connectivity index (χ4n) is 3.76. The van der Waals surface area contributed by atoms with Crippen LogP contribution in [0.25, 0.3) is 10.2 Å². The summed E-state index contributed by atoms with van der Waals surface area (Å²) >= 11 is 1.58. The van der Waals surface area contributed by atoms with E-state index in [0.29, 0.717) is 18.7 Å². The fraction of sp³-hybridized carbons (Fsp3) is 0.429. The van der Waals surface area contributed by atoms with Crippen LogP contribution in [0.5, 0.6) is 0 Å². The van der Waals surface area contributed by atoms with Crippen LogP contribution >= 0.6 is 11.3 Å². The van der Waals surface area contributed by atoms with Gasteiger partial charge in [0.25, 0.3) is 5.56 Å². The summed E-state index contributed by atoms with van der Waals surface area (Å²) in [5.74, 6) is -1.10. The van der Waals surface area contributed by atoms with Crippen molar-refractivity contribution >= 4 is 21.6 Å². The molecule has 0 radical (unpaired) electrons. The first-order valence-electron chi connectivity index (χ1n) is 9.74. The molecular weight excluding hydrogens is 394 g/mol. The summed E-state index contributed by atoms with van der Waals surface area (Å²) in [5.41, 5.74) is 1.61. The van der Waals surface area contributed by atoms with Gasteiger partial charge in [0.2, 0.25) is 0 Å². The molecule has 1 aliphatic rings. The minimum Gasteiger partial charge on any atom is -0.309 e. The van der Waals surface area contributed by atoms with Gasteiger partial charge in [-0.1, -0.05) is 6.07 Å². The number of aromatic nitrogens is 2. The van der Waals surface area contributed by atoms with Gasteiger partial charge < -0.3 is 10.2 Å². The number of nitrogens with zero attached hydrogens (tertiary/aromatic N) is 3. The second-order valence-corrected chi connectivity index (χ2v) is 8.87. The van der Waals surface area contributed by atoms with Crippen LogP contribution in [0.1, 0.15) is 22.4 Å². The molecule has 2 heterocycles. The topological polar surface area (TPSA) is 50.2 Å². The number of benzene rings is 1. The minimum atomic E-state index is -0.567. The van der Waals surface area contributed by atoms with Crippen molar-refractivity contribution in [1.29, 1.82) is 0 Å². The molecule has 1 aliphatic carbocycles. The molecule has 3 aromatic rings. The van der Waals surface area contributed by atoms with Crippen molar-refractivity contribution in [3.05, 3.63) is 62.5 Å². The number of rotatable bonds is 6. The van der Waals surface area contributed by atoms with Gasteiger partial charge in [0.15, 0.2) is 0 Å². The molecule has 0 aliphatic heterocycles. The van der Waals surface area contributed by atoms with E-state index in [1.165, 1.54) is 17.0 Å². The average molecular weight is 419 g/mol. The van der Waals surface area contributed by atoms with Crippen LogP contribution < -0.4 is 10.9 Å². The van der Waals surface area contributed by atoms with E-state index >= 15 is 0 Å². The summed E-state index contributed by atoms with van der Waals surface area (Å²) in [6.07, 6.45) is 4.10. The van der Waals surface area contributed by atoms with Crippen LogP contribution in [-0.2, 0) is 25.9 Å². The maximum absolute atomic E-state index is 13.9. The predicted molar refractivity (Wildman–Crippen MR) is 111 cm³/mol. The molecule has 1 aromatic carbocycles. The van der Waals surface area contributed by atoms with Crippen molar-refractivity contribution in [2.45, 2.75) is 38.4 Å². The lowest BCUT2D eigenvalue weighted by Crippen LogP contribution is -2.34. The van der Waals surface area contributed by atoms with Gasteiger partial charge in [-0.15, -0.1) is 11.3 Å². The number of halogens is 2. The minimum absolute atomic E-state index is 0.0362. The zero-order chi connectivity index (χ0) is 20.5. The van der Waals surface area contributed by atoms with E-state index in [4.69, 9.17) is 0 Å². The lowest BCUT2D eigenvalue weighted by atomic mass is 9.93. The lowest BCUT2D eigenvalue weighted by Gasteiger charge is -2.23. The van der Waals surface area contributed by atoms with Gasteiger partial charge in [-0.05, 0) is 45.0 Å². The molecule has 0 unspecified atom stereocenters. The first-order valence-corrected chi connectivity index (χ1v) is 10.6. The molecule has 4 rings (SSSR count). The van der Waals surface area contributed by atoms with Gasteiger partial charge in [-0.2, -0.15) is 0 Å². The van der Waals surface area contributed by atoms with Crippen LogP contribution in [-0.4, -0.2) is 41.1 Å². The molecule has 154 valence electrons. The number of hydrogen-bond acceptors (Lipinski definition) is 5. The van der Waals surface area contributed by atoms with Crippen molar-refractivity contribution in [1.82, 2.24) is 19.8 Å². The van der Waals surface area contributed by atoms with E-state index in [1.807, 2.05) is 19.0 Å². The molecular formula is C21H24F2N4OS. The van der Waals surface area contributed by atoms with Crippen LogP contribution in [0.3, 0.4) is 0 Å². The molecule has 0 fully saturated rings. The number of aryl methyl sites for hydroxylation is 1. The molecule has 2 aromatic heterocycles. The molecule has 5 nitrogen and oxygen atoms in total. The highest BCUT2D eigenvalue weighted by Gasteiger charge is 2.25. The van der Waals surface area contributed by atoms with E-state index in [0.717, 1.165) is 47.7 Å². The van der Waals surface area contributed by atoms with E-state index < -0.39 is 11.6 Å². The fourth-order valence-corrected chi connectivity index (χ4v) is 5.02. The average Bonchev–Trinajstić information content (AvgIpc) is 3.05. The normalized spacial score (nSPS) is 16.5. The SMILES string of the molecule is CN(C)CCn1cnc2sc3c(c2c1=O)CC[C@H](NCc1ccc(F)cc1F)C3. The summed E-state index contributed by atoms with van der Waals surface area (Å²) in [7, 11) is 3.96.